The van der Waals surface area contributed by atoms with Crippen LogP contribution in [0.1, 0.15) is 46.8 Å². The van der Waals surface area contributed by atoms with E-state index in [2.05, 4.69) is 90.4 Å². The molecule has 1 aliphatic carbocycles. The summed E-state index contributed by atoms with van der Waals surface area (Å²) in [4.78, 5) is 15.8. The third-order valence-corrected chi connectivity index (χ3v) is 7.92. The molecule has 4 nitrogen and oxygen atoms in total. The van der Waals surface area contributed by atoms with Gasteiger partial charge in [0, 0.05) is 37.3 Å². The first-order chi connectivity index (χ1) is 18.1. The zero-order chi connectivity index (χ0) is 25.5. The Morgan fingerprint density at radius 1 is 0.892 bits per heavy atom. The minimum Gasteiger partial charge on any atom is -0.368 e. The molecule has 1 heterocycles. The number of unbranched alkanes of at least 4 members (excludes halogenated alkanes) is 1. The van der Waals surface area contributed by atoms with E-state index in [1.165, 1.54) is 21.9 Å². The van der Waals surface area contributed by atoms with Crippen LogP contribution in [0, 0.1) is 0 Å². The van der Waals surface area contributed by atoms with E-state index >= 15 is 0 Å². The van der Waals surface area contributed by atoms with E-state index in [1.807, 2.05) is 0 Å². The molecule has 1 aliphatic heterocycles. The molecule has 4 aromatic rings. The van der Waals surface area contributed by atoms with E-state index in [0.29, 0.717) is 5.56 Å². The van der Waals surface area contributed by atoms with Gasteiger partial charge in [-0.1, -0.05) is 86.7 Å². The molecule has 0 unspecified atom stereocenters. The monoisotopic (exact) mass is 487 g/mol. The highest BCUT2D eigenvalue weighted by Crippen LogP contribution is 2.55. The van der Waals surface area contributed by atoms with E-state index < -0.39 is 0 Å². The molecule has 3 N–H and O–H groups in total. The predicted octanol–water partition coefficient (Wildman–Crippen LogP) is 6.40. The van der Waals surface area contributed by atoms with Crippen molar-refractivity contribution in [3.8, 4) is 22.3 Å². The Hall–Kier alpha value is -3.89. The van der Waals surface area contributed by atoms with Crippen LogP contribution in [0.15, 0.2) is 73.3 Å². The van der Waals surface area contributed by atoms with Gasteiger partial charge in [-0.3, -0.25) is 4.79 Å². The first kappa shape index (κ1) is 23.5. The van der Waals surface area contributed by atoms with E-state index in [0.717, 1.165) is 84.5 Å². The molecule has 0 aromatic heterocycles. The normalized spacial score (nSPS) is 14.6. The van der Waals surface area contributed by atoms with Crippen LogP contribution in [0.2, 0.25) is 0 Å². The Labute approximate surface area is 218 Å². The van der Waals surface area contributed by atoms with Gasteiger partial charge in [0.1, 0.15) is 0 Å². The van der Waals surface area contributed by atoms with Gasteiger partial charge in [-0.05, 0) is 57.0 Å². The lowest BCUT2D eigenvalue weighted by Gasteiger charge is -2.35. The highest BCUT2D eigenvalue weighted by molar-refractivity contribution is 6.17. The van der Waals surface area contributed by atoms with E-state index in [4.69, 9.17) is 5.73 Å². The molecule has 2 aliphatic rings. The fraction of sp³-hybridized carbons (Fsp3) is 0.242. The maximum absolute atomic E-state index is 13.4. The van der Waals surface area contributed by atoms with Gasteiger partial charge in [-0.15, -0.1) is 0 Å². The molecule has 1 saturated heterocycles. The van der Waals surface area contributed by atoms with E-state index in [-0.39, 0.29) is 5.91 Å². The molecular weight excluding hydrogens is 454 g/mol. The number of carbonyl (C=O) groups excluding carboxylic acids is 1. The van der Waals surface area contributed by atoms with Gasteiger partial charge in [0.05, 0.1) is 11.3 Å². The van der Waals surface area contributed by atoms with Crippen molar-refractivity contribution >= 4 is 27.9 Å². The van der Waals surface area contributed by atoms with Crippen LogP contribution in [0.25, 0.3) is 38.6 Å². The van der Waals surface area contributed by atoms with Crippen molar-refractivity contribution in [1.29, 1.82) is 0 Å². The average Bonchev–Trinajstić information content (AvgIpc) is 3.23. The fourth-order valence-corrected chi connectivity index (χ4v) is 6.26. The van der Waals surface area contributed by atoms with Gasteiger partial charge in [0.25, 0.3) is 5.91 Å². The number of piperazine rings is 1. The van der Waals surface area contributed by atoms with E-state index in [9.17, 15) is 4.79 Å². The number of carbonyl (C=O) groups is 1. The largest absolute Gasteiger partial charge is 0.368 e. The highest BCUT2D eigenvalue weighted by atomic mass is 16.1. The number of nitrogens with zero attached hydrogens (tertiary/aromatic N) is 1. The maximum atomic E-state index is 13.4. The summed E-state index contributed by atoms with van der Waals surface area (Å²) in [6.07, 6.45) is 2.82. The number of rotatable bonds is 6. The molecule has 0 atom stereocenters. The van der Waals surface area contributed by atoms with Crippen LogP contribution in [-0.2, 0) is 6.42 Å². The van der Waals surface area contributed by atoms with Crippen molar-refractivity contribution in [2.24, 2.45) is 5.73 Å². The van der Waals surface area contributed by atoms with Gasteiger partial charge >= 0.3 is 0 Å². The molecule has 4 heteroatoms. The van der Waals surface area contributed by atoms with Crippen LogP contribution >= 0.6 is 0 Å². The van der Waals surface area contributed by atoms with Crippen LogP contribution < -0.4 is 16.0 Å². The molecular formula is C33H33N3O. The summed E-state index contributed by atoms with van der Waals surface area (Å²) in [5.41, 5.74) is 16.9. The third-order valence-electron chi connectivity index (χ3n) is 7.92. The van der Waals surface area contributed by atoms with Crippen LogP contribution in [0.3, 0.4) is 0 Å². The molecule has 1 fully saturated rings. The summed E-state index contributed by atoms with van der Waals surface area (Å²) in [6, 6.07) is 23.5. The zero-order valence-corrected chi connectivity index (χ0v) is 21.4. The van der Waals surface area contributed by atoms with Crippen molar-refractivity contribution < 1.29 is 4.79 Å². The lowest BCUT2D eigenvalue weighted by molar-refractivity contribution is 0.1000. The molecule has 186 valence electrons. The van der Waals surface area contributed by atoms with Crippen molar-refractivity contribution in [2.75, 3.05) is 31.1 Å². The van der Waals surface area contributed by atoms with Gasteiger partial charge < -0.3 is 16.0 Å². The van der Waals surface area contributed by atoms with Gasteiger partial charge in [-0.2, -0.15) is 0 Å². The first-order valence-electron chi connectivity index (χ1n) is 13.4. The minimum absolute atomic E-state index is 0.354. The average molecular weight is 488 g/mol. The smallest absolute Gasteiger partial charge is 0.251 e. The molecule has 0 bridgehead atoms. The second-order valence-corrected chi connectivity index (χ2v) is 10.1. The highest BCUT2D eigenvalue weighted by Gasteiger charge is 2.36. The summed E-state index contributed by atoms with van der Waals surface area (Å²) < 4.78 is 0. The van der Waals surface area contributed by atoms with Crippen molar-refractivity contribution in [2.45, 2.75) is 26.2 Å². The summed E-state index contributed by atoms with van der Waals surface area (Å²) in [7, 11) is 0. The standard InChI is InChI=1S/C33H33N3O/c1-3-4-12-27-29(26-16-9-11-22-10-5-6-14-24(22)26)30-25-15-8-7-13-23(25)21(2)28(30)32(31(27)33(34)37)36-19-17-35-18-20-36/h5-11,13-16,35H,2-4,12,17-20H2,1H3,(H2,34,37). The number of anilines is 1. The van der Waals surface area contributed by atoms with Crippen LogP contribution in [-0.4, -0.2) is 32.1 Å². The quantitative estimate of drug-likeness (QED) is 0.291. The van der Waals surface area contributed by atoms with Crippen LogP contribution in [0.4, 0.5) is 5.69 Å². The molecule has 0 saturated carbocycles. The van der Waals surface area contributed by atoms with Gasteiger partial charge in [0.15, 0.2) is 0 Å². The summed E-state index contributed by atoms with van der Waals surface area (Å²) >= 11 is 0. The zero-order valence-electron chi connectivity index (χ0n) is 21.4. The number of fused-ring (bicyclic) bond motifs is 4. The molecule has 6 rings (SSSR count). The van der Waals surface area contributed by atoms with Crippen molar-refractivity contribution in [1.82, 2.24) is 5.32 Å². The van der Waals surface area contributed by atoms with Crippen molar-refractivity contribution in [3.63, 3.8) is 0 Å². The Morgan fingerprint density at radius 2 is 1.57 bits per heavy atom. The maximum Gasteiger partial charge on any atom is 0.251 e. The number of nitrogens with one attached hydrogen (secondary N) is 1. The third kappa shape index (κ3) is 3.75. The summed E-state index contributed by atoms with van der Waals surface area (Å²) in [6.45, 7) is 10.2. The number of primary amides is 1. The number of hydrogen-bond acceptors (Lipinski definition) is 3. The fourth-order valence-electron chi connectivity index (χ4n) is 6.26. The molecule has 4 aromatic carbocycles. The Bertz CT molecular complexity index is 1540. The Balaban J connectivity index is 1.81. The molecule has 37 heavy (non-hydrogen) atoms. The molecule has 0 radical (unpaired) electrons. The molecule has 1 amide bonds. The number of benzene rings is 4. The number of amides is 1. The first-order valence-corrected chi connectivity index (χ1v) is 13.4. The van der Waals surface area contributed by atoms with Gasteiger partial charge in [-0.25, -0.2) is 0 Å². The Kier molecular flexibility index (Phi) is 6.05. The lowest BCUT2D eigenvalue weighted by Crippen LogP contribution is -2.44. The topological polar surface area (TPSA) is 58.4 Å². The van der Waals surface area contributed by atoms with Crippen LogP contribution in [0.5, 0.6) is 0 Å². The summed E-state index contributed by atoms with van der Waals surface area (Å²) in [5, 5.41) is 5.83. The molecule has 0 spiro atoms. The second-order valence-electron chi connectivity index (χ2n) is 10.1. The van der Waals surface area contributed by atoms with Crippen molar-refractivity contribution in [3.05, 3.63) is 95.6 Å². The van der Waals surface area contributed by atoms with E-state index in [1.54, 1.807) is 0 Å². The lowest BCUT2D eigenvalue weighted by atomic mass is 9.81. The Morgan fingerprint density at radius 3 is 2.32 bits per heavy atom. The summed E-state index contributed by atoms with van der Waals surface area (Å²) in [5.74, 6) is -0.354. The number of nitrogens with two attached hydrogens (primary N) is 1. The predicted molar refractivity (Wildman–Crippen MR) is 155 cm³/mol. The number of hydrogen-bond donors (Lipinski definition) is 2. The minimum atomic E-state index is -0.354. The SMILES string of the molecule is C=C1c2ccccc2-c2c1c(N1CCNCC1)c(C(N)=O)c(CCCC)c2-c1cccc2ccccc12. The second kappa shape index (κ2) is 9.53. The van der Waals surface area contributed by atoms with Gasteiger partial charge in [0.2, 0.25) is 0 Å².